The Labute approximate surface area is 353 Å². The number of benzene rings is 10. The van der Waals surface area contributed by atoms with Crippen molar-refractivity contribution in [3.63, 3.8) is 0 Å². The van der Waals surface area contributed by atoms with Gasteiger partial charge < -0.3 is 13.7 Å². The van der Waals surface area contributed by atoms with Crippen molar-refractivity contribution in [1.29, 1.82) is 0 Å². The Morgan fingerprint density at radius 2 is 0.803 bits per heavy atom. The van der Waals surface area contributed by atoms with Crippen LogP contribution in [0.1, 0.15) is 0 Å². The van der Waals surface area contributed by atoms with Gasteiger partial charge in [0.25, 0.3) is 0 Å². The first kappa shape index (κ1) is 34.9. The number of fused-ring (bicyclic) bond motifs is 7. The van der Waals surface area contributed by atoms with E-state index in [1.54, 1.807) is 0 Å². The van der Waals surface area contributed by atoms with Crippen molar-refractivity contribution in [3.05, 3.63) is 224 Å². The fourth-order valence-electron chi connectivity index (χ4n) is 9.14. The minimum Gasteiger partial charge on any atom is -0.456 e. The number of nitrogens with zero attached hydrogens (tertiary/aromatic N) is 1. The zero-order valence-electron chi connectivity index (χ0n) is 33.1. The normalized spacial score (nSPS) is 11.6. The first-order valence-electron chi connectivity index (χ1n) is 20.7. The van der Waals surface area contributed by atoms with Crippen LogP contribution in [0, 0.1) is 0 Å². The van der Waals surface area contributed by atoms with Gasteiger partial charge in [-0.05, 0) is 105 Å². The number of furan rings is 2. The second-order valence-corrected chi connectivity index (χ2v) is 15.6. The number of rotatable bonds is 7. The van der Waals surface area contributed by atoms with Crippen LogP contribution in [0.15, 0.2) is 233 Å². The lowest BCUT2D eigenvalue weighted by Gasteiger charge is -2.28. The van der Waals surface area contributed by atoms with Gasteiger partial charge in [0.15, 0.2) is 0 Å². The molecule has 0 fully saturated rings. The highest BCUT2D eigenvalue weighted by molar-refractivity contribution is 6.10. The van der Waals surface area contributed by atoms with E-state index in [9.17, 15) is 0 Å². The average molecular weight is 780 g/mol. The number of anilines is 3. The summed E-state index contributed by atoms with van der Waals surface area (Å²) < 4.78 is 12.8. The maximum absolute atomic E-state index is 6.45. The summed E-state index contributed by atoms with van der Waals surface area (Å²) in [7, 11) is 0. The van der Waals surface area contributed by atoms with Gasteiger partial charge in [-0.2, -0.15) is 0 Å². The van der Waals surface area contributed by atoms with Crippen LogP contribution < -0.4 is 4.90 Å². The molecule has 0 atom stereocenters. The van der Waals surface area contributed by atoms with E-state index in [1.807, 2.05) is 24.3 Å². The summed E-state index contributed by atoms with van der Waals surface area (Å²) in [5, 5.41) is 6.99. The van der Waals surface area contributed by atoms with Gasteiger partial charge in [0.2, 0.25) is 0 Å². The molecular weight excluding hydrogens is 743 g/mol. The standard InChI is InChI=1S/C58H37NO2/c1-2-16-46-39(12-1)13-10-20-47(46)42-15-9-14-41(36-42)38-26-31-44(32-27-38)59(45-33-28-40(29-34-45)49-21-11-22-53-51-19-5-8-25-56(51)61-58(49)53)54-23-6-3-17-48(54)43-30-35-52-50-18-4-7-24-55(50)60-57(52)37-43/h1-37H. The van der Waals surface area contributed by atoms with E-state index in [4.69, 9.17) is 8.83 Å². The zero-order valence-corrected chi connectivity index (χ0v) is 33.1. The molecule has 0 aliphatic rings. The van der Waals surface area contributed by atoms with Crippen molar-refractivity contribution >= 4 is 71.7 Å². The molecule has 0 unspecified atom stereocenters. The molecule has 12 aromatic rings. The first-order valence-corrected chi connectivity index (χ1v) is 20.7. The predicted molar refractivity (Wildman–Crippen MR) is 255 cm³/mol. The second kappa shape index (κ2) is 14.3. The molecule has 61 heavy (non-hydrogen) atoms. The van der Waals surface area contributed by atoms with Gasteiger partial charge in [-0.3, -0.25) is 0 Å². The van der Waals surface area contributed by atoms with E-state index < -0.39 is 0 Å². The van der Waals surface area contributed by atoms with Gasteiger partial charge in [0, 0.05) is 44.0 Å². The molecule has 12 rings (SSSR count). The van der Waals surface area contributed by atoms with Crippen LogP contribution in [0.5, 0.6) is 0 Å². The lowest BCUT2D eigenvalue weighted by atomic mass is 9.95. The third-order valence-corrected chi connectivity index (χ3v) is 12.1. The fourth-order valence-corrected chi connectivity index (χ4v) is 9.14. The van der Waals surface area contributed by atoms with Gasteiger partial charge >= 0.3 is 0 Å². The van der Waals surface area contributed by atoms with Gasteiger partial charge in [0.1, 0.15) is 22.3 Å². The topological polar surface area (TPSA) is 29.5 Å². The Bertz CT molecular complexity index is 3590. The molecule has 2 aromatic heterocycles. The molecule has 0 spiro atoms. The molecule has 3 nitrogen and oxygen atoms in total. The Kier molecular flexibility index (Phi) is 8.17. The van der Waals surface area contributed by atoms with Crippen LogP contribution in [-0.4, -0.2) is 0 Å². The molecular formula is C58H37NO2. The molecule has 0 aliphatic carbocycles. The van der Waals surface area contributed by atoms with Crippen molar-refractivity contribution in [2.24, 2.45) is 0 Å². The summed E-state index contributed by atoms with van der Waals surface area (Å²) in [6.45, 7) is 0. The molecule has 2 heterocycles. The lowest BCUT2D eigenvalue weighted by Crippen LogP contribution is -2.11. The van der Waals surface area contributed by atoms with Crippen LogP contribution in [0.2, 0.25) is 0 Å². The summed E-state index contributed by atoms with van der Waals surface area (Å²) in [6.07, 6.45) is 0. The summed E-state index contributed by atoms with van der Waals surface area (Å²) in [6, 6.07) is 80.0. The Balaban J connectivity index is 0.970. The molecule has 3 heteroatoms. The molecule has 0 aliphatic heterocycles. The van der Waals surface area contributed by atoms with Crippen LogP contribution in [0.3, 0.4) is 0 Å². The Morgan fingerprint density at radius 1 is 0.279 bits per heavy atom. The second-order valence-electron chi connectivity index (χ2n) is 15.6. The SMILES string of the molecule is c1cc(-c2ccc(N(c3ccc(-c4cccc5c4oc4ccccc45)cc3)c3ccccc3-c3ccc4c(c3)oc3ccccc34)cc2)cc(-c2cccc3ccccc23)c1. The van der Waals surface area contributed by atoms with Gasteiger partial charge in [-0.15, -0.1) is 0 Å². The van der Waals surface area contributed by atoms with E-state index in [2.05, 4.69) is 205 Å². The summed E-state index contributed by atoms with van der Waals surface area (Å²) in [5.41, 5.74) is 15.9. The van der Waals surface area contributed by atoms with Crippen molar-refractivity contribution < 1.29 is 8.83 Å². The highest BCUT2D eigenvalue weighted by Crippen LogP contribution is 2.44. The molecule has 0 saturated carbocycles. The molecule has 0 bridgehead atoms. The number of hydrogen-bond donors (Lipinski definition) is 0. The molecule has 0 saturated heterocycles. The van der Waals surface area contributed by atoms with Crippen LogP contribution >= 0.6 is 0 Å². The lowest BCUT2D eigenvalue weighted by molar-refractivity contribution is 0.669. The minimum absolute atomic E-state index is 0.874. The van der Waals surface area contributed by atoms with Crippen molar-refractivity contribution in [2.75, 3.05) is 4.90 Å². The third-order valence-electron chi connectivity index (χ3n) is 12.1. The van der Waals surface area contributed by atoms with Crippen LogP contribution in [-0.2, 0) is 0 Å². The van der Waals surface area contributed by atoms with E-state index in [0.717, 1.165) is 88.8 Å². The molecule has 0 amide bonds. The van der Waals surface area contributed by atoms with Crippen molar-refractivity contribution in [3.8, 4) is 44.5 Å². The smallest absolute Gasteiger partial charge is 0.143 e. The largest absolute Gasteiger partial charge is 0.456 e. The van der Waals surface area contributed by atoms with Crippen molar-refractivity contribution in [2.45, 2.75) is 0 Å². The predicted octanol–water partition coefficient (Wildman–Crippen LogP) is 16.8. The fraction of sp³-hybridized carbons (Fsp3) is 0. The number of hydrogen-bond acceptors (Lipinski definition) is 3. The third kappa shape index (κ3) is 5.98. The summed E-state index contributed by atoms with van der Waals surface area (Å²) in [4.78, 5) is 2.36. The molecule has 286 valence electrons. The van der Waals surface area contributed by atoms with E-state index >= 15 is 0 Å². The zero-order chi connectivity index (χ0) is 40.3. The first-order chi connectivity index (χ1) is 30.2. The Hall–Kier alpha value is -8.14. The van der Waals surface area contributed by atoms with Crippen LogP contribution in [0.4, 0.5) is 17.1 Å². The van der Waals surface area contributed by atoms with E-state index in [0.29, 0.717) is 0 Å². The molecule has 0 N–H and O–H groups in total. The summed E-state index contributed by atoms with van der Waals surface area (Å²) in [5.74, 6) is 0. The average Bonchev–Trinajstić information content (AvgIpc) is 3.90. The highest BCUT2D eigenvalue weighted by Gasteiger charge is 2.20. The Morgan fingerprint density at radius 3 is 1.62 bits per heavy atom. The highest BCUT2D eigenvalue weighted by atomic mass is 16.3. The van der Waals surface area contributed by atoms with E-state index in [-0.39, 0.29) is 0 Å². The summed E-state index contributed by atoms with van der Waals surface area (Å²) >= 11 is 0. The quantitative estimate of drug-likeness (QED) is 0.161. The molecule has 10 aromatic carbocycles. The minimum atomic E-state index is 0.874. The maximum Gasteiger partial charge on any atom is 0.143 e. The monoisotopic (exact) mass is 779 g/mol. The van der Waals surface area contributed by atoms with Crippen molar-refractivity contribution in [1.82, 2.24) is 0 Å². The van der Waals surface area contributed by atoms with E-state index in [1.165, 1.54) is 27.5 Å². The maximum atomic E-state index is 6.45. The van der Waals surface area contributed by atoms with Gasteiger partial charge in [-0.25, -0.2) is 0 Å². The number of para-hydroxylation sites is 4. The van der Waals surface area contributed by atoms with Gasteiger partial charge in [-0.1, -0.05) is 164 Å². The van der Waals surface area contributed by atoms with Gasteiger partial charge in [0.05, 0.1) is 5.69 Å². The molecule has 0 radical (unpaired) electrons. The van der Waals surface area contributed by atoms with Crippen LogP contribution in [0.25, 0.3) is 99.2 Å².